The number of benzene rings is 1. The second-order valence-corrected chi connectivity index (χ2v) is 9.07. The molecule has 6 nitrogen and oxygen atoms in total. The number of aromatic nitrogens is 1. The van der Waals surface area contributed by atoms with E-state index in [0.717, 1.165) is 62.5 Å². The number of hydrogen-bond donors (Lipinski definition) is 2. The third-order valence-electron chi connectivity index (χ3n) is 6.51. The van der Waals surface area contributed by atoms with E-state index in [9.17, 15) is 4.79 Å². The predicted molar refractivity (Wildman–Crippen MR) is 123 cm³/mol. The molecule has 2 atom stereocenters. The average Bonchev–Trinajstić information content (AvgIpc) is 3.18. The fourth-order valence-electron chi connectivity index (χ4n) is 4.75. The first-order chi connectivity index (χ1) is 15.0. The standard InChI is InChI=1S/C25H34N4O2/c1-25(28-22(17-23(30)31-2)19-7-4-3-5-8-19)13-16-29(18-25)15-12-21-11-10-20-9-6-14-26-24(20)27-21/h3-5,7-8,10-11,22,28H,6,9,12-18H2,1-2H3,(H,26,27). The van der Waals surface area contributed by atoms with E-state index >= 15 is 0 Å². The van der Waals surface area contributed by atoms with E-state index in [1.165, 1.54) is 19.1 Å². The molecule has 4 rings (SSSR count). The van der Waals surface area contributed by atoms with Gasteiger partial charge in [0.15, 0.2) is 0 Å². The van der Waals surface area contributed by atoms with Gasteiger partial charge in [-0.3, -0.25) is 4.79 Å². The van der Waals surface area contributed by atoms with E-state index < -0.39 is 0 Å². The molecular formula is C25H34N4O2. The third kappa shape index (κ3) is 5.63. The Kier molecular flexibility index (Phi) is 6.88. The Morgan fingerprint density at radius 1 is 1.29 bits per heavy atom. The molecular weight excluding hydrogens is 388 g/mol. The van der Waals surface area contributed by atoms with E-state index in [1.807, 2.05) is 18.2 Å². The zero-order chi connectivity index (χ0) is 21.7. The van der Waals surface area contributed by atoms with Gasteiger partial charge in [0.05, 0.1) is 13.5 Å². The van der Waals surface area contributed by atoms with Gasteiger partial charge in [-0.05, 0) is 43.4 Å². The second-order valence-electron chi connectivity index (χ2n) is 9.07. The Bertz CT molecular complexity index is 888. The lowest BCUT2D eigenvalue weighted by molar-refractivity contribution is -0.141. The summed E-state index contributed by atoms with van der Waals surface area (Å²) in [7, 11) is 1.45. The van der Waals surface area contributed by atoms with Gasteiger partial charge in [-0.1, -0.05) is 36.4 Å². The number of aryl methyl sites for hydroxylation is 1. The van der Waals surface area contributed by atoms with Gasteiger partial charge >= 0.3 is 5.97 Å². The van der Waals surface area contributed by atoms with Crippen LogP contribution in [0.4, 0.5) is 5.82 Å². The highest BCUT2D eigenvalue weighted by Crippen LogP contribution is 2.28. The topological polar surface area (TPSA) is 66.5 Å². The van der Waals surface area contributed by atoms with Crippen LogP contribution in [0.2, 0.25) is 0 Å². The van der Waals surface area contributed by atoms with Crippen molar-refractivity contribution in [2.45, 2.75) is 50.6 Å². The molecule has 1 aromatic heterocycles. The normalized spacial score (nSPS) is 21.9. The number of methoxy groups -OCH3 is 1. The summed E-state index contributed by atoms with van der Waals surface area (Å²) in [6.45, 7) is 6.29. The number of ether oxygens (including phenoxy) is 1. The van der Waals surface area contributed by atoms with Crippen LogP contribution in [0, 0.1) is 0 Å². The van der Waals surface area contributed by atoms with Crippen LogP contribution in [0.15, 0.2) is 42.5 Å². The minimum Gasteiger partial charge on any atom is -0.469 e. The third-order valence-corrected chi connectivity index (χ3v) is 6.51. The maximum absolute atomic E-state index is 12.0. The monoisotopic (exact) mass is 422 g/mol. The number of hydrogen-bond acceptors (Lipinski definition) is 6. The summed E-state index contributed by atoms with van der Waals surface area (Å²) in [5.41, 5.74) is 3.57. The van der Waals surface area contributed by atoms with E-state index in [-0.39, 0.29) is 17.6 Å². The second kappa shape index (κ2) is 9.79. The van der Waals surface area contributed by atoms with Gasteiger partial charge in [0.2, 0.25) is 0 Å². The maximum atomic E-state index is 12.0. The van der Waals surface area contributed by atoms with Gasteiger partial charge in [0, 0.05) is 49.9 Å². The Balaban J connectivity index is 1.35. The lowest BCUT2D eigenvalue weighted by Crippen LogP contribution is -2.47. The summed E-state index contributed by atoms with van der Waals surface area (Å²) in [6.07, 6.45) is 4.65. The van der Waals surface area contributed by atoms with Gasteiger partial charge in [-0.15, -0.1) is 0 Å². The summed E-state index contributed by atoms with van der Waals surface area (Å²) in [5, 5.41) is 7.20. The Morgan fingerprint density at radius 2 is 2.13 bits per heavy atom. The van der Waals surface area contributed by atoms with Crippen LogP contribution < -0.4 is 10.6 Å². The molecule has 2 unspecified atom stereocenters. The molecule has 31 heavy (non-hydrogen) atoms. The van der Waals surface area contributed by atoms with Crippen molar-refractivity contribution in [3.8, 4) is 0 Å². The molecule has 2 N–H and O–H groups in total. The van der Waals surface area contributed by atoms with E-state index in [2.05, 4.69) is 46.7 Å². The molecule has 0 radical (unpaired) electrons. The average molecular weight is 423 g/mol. The van der Waals surface area contributed by atoms with Gasteiger partial charge in [-0.25, -0.2) is 4.98 Å². The lowest BCUT2D eigenvalue weighted by atomic mass is 9.95. The SMILES string of the molecule is COC(=O)CC(NC1(C)CCN(CCc2ccc3c(n2)NCCC3)C1)c1ccccc1. The molecule has 3 heterocycles. The molecule has 1 aromatic carbocycles. The molecule has 2 aromatic rings. The first-order valence-electron chi connectivity index (χ1n) is 11.4. The van der Waals surface area contributed by atoms with Crippen LogP contribution in [0.5, 0.6) is 0 Å². The number of esters is 1. The van der Waals surface area contributed by atoms with Crippen molar-refractivity contribution in [1.29, 1.82) is 0 Å². The van der Waals surface area contributed by atoms with Crippen molar-refractivity contribution in [1.82, 2.24) is 15.2 Å². The minimum absolute atomic E-state index is 0.0423. The summed E-state index contributed by atoms with van der Waals surface area (Å²) in [6, 6.07) is 14.6. The Hall–Kier alpha value is -2.44. The molecule has 0 amide bonds. The molecule has 6 heteroatoms. The van der Waals surface area contributed by atoms with Gasteiger partial charge < -0.3 is 20.3 Å². The highest BCUT2D eigenvalue weighted by atomic mass is 16.5. The highest BCUT2D eigenvalue weighted by Gasteiger charge is 2.36. The molecule has 0 saturated carbocycles. The number of anilines is 1. The van der Waals surface area contributed by atoms with Crippen molar-refractivity contribution in [2.75, 3.05) is 38.6 Å². The number of likely N-dealkylation sites (tertiary alicyclic amines) is 1. The van der Waals surface area contributed by atoms with Gasteiger partial charge in [0.1, 0.15) is 5.82 Å². The predicted octanol–water partition coefficient (Wildman–Crippen LogP) is 3.34. The van der Waals surface area contributed by atoms with Crippen LogP contribution >= 0.6 is 0 Å². The largest absolute Gasteiger partial charge is 0.469 e. The summed E-state index contributed by atoms with van der Waals surface area (Å²) in [5.74, 6) is 0.886. The number of carbonyl (C=O) groups excluding carboxylic acids is 1. The van der Waals surface area contributed by atoms with Crippen molar-refractivity contribution in [3.05, 3.63) is 59.3 Å². The Labute approximate surface area is 185 Å². The summed E-state index contributed by atoms with van der Waals surface area (Å²) >= 11 is 0. The van der Waals surface area contributed by atoms with Gasteiger partial charge in [-0.2, -0.15) is 0 Å². The molecule has 1 fully saturated rings. The molecule has 2 aliphatic heterocycles. The minimum atomic E-state index is -0.188. The Morgan fingerprint density at radius 3 is 2.94 bits per heavy atom. The molecule has 166 valence electrons. The molecule has 0 bridgehead atoms. The van der Waals surface area contributed by atoms with E-state index in [0.29, 0.717) is 6.42 Å². The molecule has 0 spiro atoms. The molecule has 1 saturated heterocycles. The maximum Gasteiger partial charge on any atom is 0.307 e. The quantitative estimate of drug-likeness (QED) is 0.636. The van der Waals surface area contributed by atoms with Crippen molar-refractivity contribution in [2.24, 2.45) is 0 Å². The first kappa shape index (κ1) is 21.8. The van der Waals surface area contributed by atoms with Crippen LogP contribution in [-0.2, 0) is 22.4 Å². The van der Waals surface area contributed by atoms with Crippen molar-refractivity contribution >= 4 is 11.8 Å². The van der Waals surface area contributed by atoms with Gasteiger partial charge in [0.25, 0.3) is 0 Å². The number of fused-ring (bicyclic) bond motifs is 1. The molecule has 0 aliphatic carbocycles. The number of pyridine rings is 1. The van der Waals surface area contributed by atoms with Crippen LogP contribution in [0.25, 0.3) is 0 Å². The van der Waals surface area contributed by atoms with E-state index in [4.69, 9.17) is 9.72 Å². The zero-order valence-electron chi connectivity index (χ0n) is 18.7. The number of nitrogens with zero attached hydrogens (tertiary/aromatic N) is 2. The zero-order valence-corrected chi connectivity index (χ0v) is 18.7. The van der Waals surface area contributed by atoms with E-state index in [1.54, 1.807) is 0 Å². The fraction of sp³-hybridized carbons (Fsp3) is 0.520. The number of nitrogens with one attached hydrogen (secondary N) is 2. The fourth-order valence-corrected chi connectivity index (χ4v) is 4.75. The van der Waals surface area contributed by atoms with Crippen LogP contribution in [0.3, 0.4) is 0 Å². The lowest BCUT2D eigenvalue weighted by Gasteiger charge is -2.32. The highest BCUT2D eigenvalue weighted by molar-refractivity contribution is 5.70. The van der Waals surface area contributed by atoms with Crippen molar-refractivity contribution < 1.29 is 9.53 Å². The van der Waals surface area contributed by atoms with Crippen molar-refractivity contribution in [3.63, 3.8) is 0 Å². The summed E-state index contributed by atoms with van der Waals surface area (Å²) < 4.78 is 4.95. The first-order valence-corrected chi connectivity index (χ1v) is 11.4. The summed E-state index contributed by atoms with van der Waals surface area (Å²) in [4.78, 5) is 19.4. The number of rotatable bonds is 8. The molecule has 2 aliphatic rings. The van der Waals surface area contributed by atoms with Crippen LogP contribution in [0.1, 0.15) is 49.0 Å². The smallest absolute Gasteiger partial charge is 0.307 e. The van der Waals surface area contributed by atoms with Crippen LogP contribution in [-0.4, -0.2) is 54.7 Å². The number of carbonyl (C=O) groups is 1.